The van der Waals surface area contributed by atoms with Gasteiger partial charge in [-0.1, -0.05) is 26.7 Å². The zero-order valence-electron chi connectivity index (χ0n) is 9.01. The topological polar surface area (TPSA) is 21.3 Å². The molecular weight excluding hydrogens is 162 g/mol. The van der Waals surface area contributed by atoms with Gasteiger partial charge in [-0.05, 0) is 25.8 Å². The van der Waals surface area contributed by atoms with Crippen LogP contribution in [0.1, 0.15) is 46.0 Å². The molecular formula is C11H23NO. The molecule has 0 saturated heterocycles. The van der Waals surface area contributed by atoms with Crippen molar-refractivity contribution < 1.29 is 4.74 Å². The van der Waals surface area contributed by atoms with Crippen molar-refractivity contribution in [1.82, 2.24) is 5.32 Å². The Morgan fingerprint density at radius 3 is 2.54 bits per heavy atom. The molecule has 1 aliphatic rings. The minimum absolute atomic E-state index is 0.433. The Hall–Kier alpha value is -0.0800. The quantitative estimate of drug-likeness (QED) is 0.686. The minimum atomic E-state index is 0.433. The predicted molar refractivity (Wildman–Crippen MR) is 56.0 cm³/mol. The van der Waals surface area contributed by atoms with Gasteiger partial charge in [-0.25, -0.2) is 0 Å². The van der Waals surface area contributed by atoms with E-state index in [1.54, 1.807) is 0 Å². The van der Waals surface area contributed by atoms with Crippen LogP contribution < -0.4 is 5.32 Å². The van der Waals surface area contributed by atoms with Crippen LogP contribution in [0.3, 0.4) is 0 Å². The predicted octanol–water partition coefficient (Wildman–Crippen LogP) is 2.33. The lowest BCUT2D eigenvalue weighted by molar-refractivity contribution is -0.00855. The van der Waals surface area contributed by atoms with Crippen molar-refractivity contribution in [3.8, 4) is 0 Å². The molecule has 1 aliphatic carbocycles. The van der Waals surface area contributed by atoms with Crippen LogP contribution in [0.25, 0.3) is 0 Å². The third-order valence-corrected chi connectivity index (χ3v) is 2.76. The molecule has 1 fully saturated rings. The van der Waals surface area contributed by atoms with Gasteiger partial charge in [0, 0.05) is 6.54 Å². The first kappa shape index (κ1) is 11.0. The number of rotatable bonds is 6. The summed E-state index contributed by atoms with van der Waals surface area (Å²) in [5, 5.41) is 3.35. The third-order valence-electron chi connectivity index (χ3n) is 2.76. The summed E-state index contributed by atoms with van der Waals surface area (Å²) < 4.78 is 6.00. The van der Waals surface area contributed by atoms with Crippen LogP contribution in [0.5, 0.6) is 0 Å². The maximum Gasteiger partial charge on any atom is 0.0700 e. The first-order chi connectivity index (χ1) is 6.36. The Labute approximate surface area is 82.0 Å². The Bertz CT molecular complexity index is 121. The van der Waals surface area contributed by atoms with Crippen molar-refractivity contribution >= 4 is 0 Å². The van der Waals surface area contributed by atoms with Crippen LogP contribution in [0.2, 0.25) is 0 Å². The molecule has 1 unspecified atom stereocenters. The molecule has 0 amide bonds. The summed E-state index contributed by atoms with van der Waals surface area (Å²) in [6.07, 6.45) is 7.41. The van der Waals surface area contributed by atoms with Crippen molar-refractivity contribution in [1.29, 1.82) is 0 Å². The monoisotopic (exact) mass is 185 g/mol. The first-order valence-electron chi connectivity index (χ1n) is 5.73. The van der Waals surface area contributed by atoms with Gasteiger partial charge in [0.25, 0.3) is 0 Å². The molecule has 0 radical (unpaired) electrons. The molecule has 0 aliphatic heterocycles. The first-order valence-corrected chi connectivity index (χ1v) is 5.73. The average molecular weight is 185 g/mol. The fourth-order valence-electron chi connectivity index (χ4n) is 1.89. The van der Waals surface area contributed by atoms with Crippen LogP contribution >= 0.6 is 0 Å². The van der Waals surface area contributed by atoms with E-state index in [0.717, 1.165) is 19.5 Å². The van der Waals surface area contributed by atoms with E-state index < -0.39 is 0 Å². The second-order valence-electron chi connectivity index (χ2n) is 3.88. The van der Waals surface area contributed by atoms with Crippen LogP contribution in [-0.2, 0) is 4.74 Å². The smallest absolute Gasteiger partial charge is 0.0700 e. The normalized spacial score (nSPS) is 20.8. The zero-order chi connectivity index (χ0) is 9.52. The Kier molecular flexibility index (Phi) is 5.40. The highest BCUT2D eigenvalue weighted by Gasteiger charge is 2.18. The van der Waals surface area contributed by atoms with Gasteiger partial charge in [-0.15, -0.1) is 0 Å². The number of ether oxygens (including phenoxy) is 1. The highest BCUT2D eigenvalue weighted by molar-refractivity contribution is 4.70. The fourth-order valence-corrected chi connectivity index (χ4v) is 1.89. The van der Waals surface area contributed by atoms with E-state index in [-0.39, 0.29) is 0 Å². The van der Waals surface area contributed by atoms with Crippen molar-refractivity contribution in [2.45, 2.75) is 58.2 Å². The van der Waals surface area contributed by atoms with E-state index >= 15 is 0 Å². The van der Waals surface area contributed by atoms with Gasteiger partial charge < -0.3 is 10.1 Å². The SMILES string of the molecule is CCNCC(CC)OC1CCCC1. The summed E-state index contributed by atoms with van der Waals surface area (Å²) in [6, 6.07) is 0. The molecule has 0 bridgehead atoms. The Morgan fingerprint density at radius 1 is 1.31 bits per heavy atom. The molecule has 0 spiro atoms. The van der Waals surface area contributed by atoms with Crippen molar-refractivity contribution in [3.63, 3.8) is 0 Å². The molecule has 2 nitrogen and oxygen atoms in total. The van der Waals surface area contributed by atoms with Gasteiger partial charge in [0.05, 0.1) is 12.2 Å². The van der Waals surface area contributed by atoms with Gasteiger partial charge in [-0.2, -0.15) is 0 Å². The van der Waals surface area contributed by atoms with Crippen LogP contribution in [0.4, 0.5) is 0 Å². The van der Waals surface area contributed by atoms with Crippen molar-refractivity contribution in [2.24, 2.45) is 0 Å². The van der Waals surface area contributed by atoms with Gasteiger partial charge in [-0.3, -0.25) is 0 Å². The lowest BCUT2D eigenvalue weighted by Gasteiger charge is -2.20. The molecule has 2 heteroatoms. The van der Waals surface area contributed by atoms with E-state index in [2.05, 4.69) is 19.2 Å². The molecule has 78 valence electrons. The zero-order valence-corrected chi connectivity index (χ0v) is 9.01. The highest BCUT2D eigenvalue weighted by Crippen LogP contribution is 2.22. The number of hydrogen-bond acceptors (Lipinski definition) is 2. The number of likely N-dealkylation sites (N-methyl/N-ethyl adjacent to an activating group) is 1. The molecule has 0 heterocycles. The van der Waals surface area contributed by atoms with Crippen molar-refractivity contribution in [2.75, 3.05) is 13.1 Å². The molecule has 0 aromatic rings. The summed E-state index contributed by atoms with van der Waals surface area (Å²) in [6.45, 7) is 6.41. The fraction of sp³-hybridized carbons (Fsp3) is 1.00. The number of nitrogens with one attached hydrogen (secondary N) is 1. The van der Waals surface area contributed by atoms with Crippen LogP contribution in [0.15, 0.2) is 0 Å². The Balaban J connectivity index is 2.13. The lowest BCUT2D eigenvalue weighted by atomic mass is 10.2. The molecule has 1 atom stereocenters. The summed E-state index contributed by atoms with van der Waals surface area (Å²) >= 11 is 0. The molecule has 0 aromatic heterocycles. The maximum atomic E-state index is 6.00. The summed E-state index contributed by atoms with van der Waals surface area (Å²) in [7, 11) is 0. The summed E-state index contributed by atoms with van der Waals surface area (Å²) in [5.74, 6) is 0. The largest absolute Gasteiger partial charge is 0.374 e. The molecule has 1 N–H and O–H groups in total. The average Bonchev–Trinajstić information content (AvgIpc) is 2.64. The van der Waals surface area contributed by atoms with E-state index in [1.165, 1.54) is 25.7 Å². The van der Waals surface area contributed by atoms with E-state index in [1.807, 2.05) is 0 Å². The van der Waals surface area contributed by atoms with E-state index in [4.69, 9.17) is 4.74 Å². The molecule has 0 aromatic carbocycles. The van der Waals surface area contributed by atoms with Crippen LogP contribution in [0, 0.1) is 0 Å². The van der Waals surface area contributed by atoms with E-state index in [9.17, 15) is 0 Å². The third kappa shape index (κ3) is 4.10. The highest BCUT2D eigenvalue weighted by atomic mass is 16.5. The van der Waals surface area contributed by atoms with E-state index in [0.29, 0.717) is 12.2 Å². The van der Waals surface area contributed by atoms with Crippen molar-refractivity contribution in [3.05, 3.63) is 0 Å². The second kappa shape index (κ2) is 6.39. The number of hydrogen-bond donors (Lipinski definition) is 1. The van der Waals surface area contributed by atoms with Gasteiger partial charge in [0.2, 0.25) is 0 Å². The summed E-state index contributed by atoms with van der Waals surface area (Å²) in [4.78, 5) is 0. The van der Waals surface area contributed by atoms with Crippen LogP contribution in [-0.4, -0.2) is 25.3 Å². The van der Waals surface area contributed by atoms with Gasteiger partial charge >= 0.3 is 0 Å². The van der Waals surface area contributed by atoms with Gasteiger partial charge in [0.15, 0.2) is 0 Å². The standard InChI is InChI=1S/C11H23NO/c1-3-10(9-12-4-2)13-11-7-5-6-8-11/h10-12H,3-9H2,1-2H3. The molecule has 13 heavy (non-hydrogen) atoms. The van der Waals surface area contributed by atoms with Gasteiger partial charge in [0.1, 0.15) is 0 Å². The molecule has 1 saturated carbocycles. The second-order valence-corrected chi connectivity index (χ2v) is 3.88. The minimum Gasteiger partial charge on any atom is -0.374 e. The maximum absolute atomic E-state index is 6.00. The summed E-state index contributed by atoms with van der Waals surface area (Å²) in [5.41, 5.74) is 0. The Morgan fingerprint density at radius 2 is 2.00 bits per heavy atom. The molecule has 1 rings (SSSR count). The lowest BCUT2D eigenvalue weighted by Crippen LogP contribution is -2.31.